The summed E-state index contributed by atoms with van der Waals surface area (Å²) in [5.74, 6) is 0.349. The molecule has 4 nitrogen and oxygen atoms in total. The number of carbonyl (C=O) groups excluding carboxylic acids is 1. The van der Waals surface area contributed by atoms with Crippen LogP contribution in [0.4, 0.5) is 15.8 Å². The van der Waals surface area contributed by atoms with Gasteiger partial charge in [-0.2, -0.15) is 11.8 Å². The first kappa shape index (κ1) is 15.1. The third-order valence-electron chi connectivity index (χ3n) is 3.45. The van der Waals surface area contributed by atoms with Crippen LogP contribution in [-0.2, 0) is 4.79 Å². The molecule has 1 aromatic rings. The van der Waals surface area contributed by atoms with Gasteiger partial charge < -0.3 is 11.1 Å². The van der Waals surface area contributed by atoms with Crippen LogP contribution < -0.4 is 11.1 Å². The molecule has 1 amide bonds. The van der Waals surface area contributed by atoms with Crippen LogP contribution in [0.25, 0.3) is 0 Å². The number of anilines is 2. The van der Waals surface area contributed by atoms with Crippen molar-refractivity contribution in [1.29, 1.82) is 0 Å². The fourth-order valence-electron chi connectivity index (χ4n) is 2.24. The molecule has 20 heavy (non-hydrogen) atoms. The fraction of sp³-hybridized carbons (Fsp3) is 0.500. The van der Waals surface area contributed by atoms with E-state index in [2.05, 4.69) is 17.1 Å². The molecule has 2 rings (SSSR count). The minimum absolute atomic E-state index is 0.140. The molecule has 6 heteroatoms. The molecule has 1 aliphatic heterocycles. The van der Waals surface area contributed by atoms with E-state index in [1.807, 2.05) is 18.7 Å². The highest BCUT2D eigenvalue weighted by Crippen LogP contribution is 2.21. The molecule has 3 N–H and O–H groups in total. The Morgan fingerprint density at radius 3 is 3.05 bits per heavy atom. The molecule has 0 spiro atoms. The molecule has 1 aliphatic rings. The number of nitrogens with two attached hydrogens (primary N) is 1. The van der Waals surface area contributed by atoms with E-state index in [1.165, 1.54) is 18.2 Å². The SMILES string of the molecule is CC1CN(C(C)C(=O)Nc2cc(N)ccc2F)CCS1. The van der Waals surface area contributed by atoms with Gasteiger partial charge in [0.15, 0.2) is 0 Å². The monoisotopic (exact) mass is 297 g/mol. The standard InChI is InChI=1S/C14H20FN3OS/c1-9-8-18(5-6-20-9)10(2)14(19)17-13-7-11(16)3-4-12(13)15/h3-4,7,9-10H,5-6,8,16H2,1-2H3,(H,17,19). The number of halogens is 1. The van der Waals surface area contributed by atoms with Gasteiger partial charge in [-0.3, -0.25) is 9.69 Å². The minimum Gasteiger partial charge on any atom is -0.399 e. The lowest BCUT2D eigenvalue weighted by molar-refractivity contribution is -0.120. The number of nitrogens with one attached hydrogen (secondary N) is 1. The van der Waals surface area contributed by atoms with Crippen molar-refractivity contribution in [2.75, 3.05) is 29.9 Å². The predicted octanol–water partition coefficient (Wildman–Crippen LogP) is 2.17. The van der Waals surface area contributed by atoms with Crippen LogP contribution in [0.2, 0.25) is 0 Å². The molecule has 110 valence electrons. The number of benzene rings is 1. The van der Waals surface area contributed by atoms with E-state index in [-0.39, 0.29) is 17.6 Å². The lowest BCUT2D eigenvalue weighted by atomic mass is 10.2. The maximum atomic E-state index is 13.6. The number of hydrogen-bond acceptors (Lipinski definition) is 4. The first-order valence-electron chi connectivity index (χ1n) is 6.69. The summed E-state index contributed by atoms with van der Waals surface area (Å²) in [6, 6.07) is 3.89. The van der Waals surface area contributed by atoms with Crippen molar-refractivity contribution < 1.29 is 9.18 Å². The molecule has 0 bridgehead atoms. The Hall–Kier alpha value is -1.27. The van der Waals surface area contributed by atoms with Gasteiger partial charge in [-0.05, 0) is 25.1 Å². The largest absolute Gasteiger partial charge is 0.399 e. The summed E-state index contributed by atoms with van der Waals surface area (Å²) in [6.45, 7) is 5.75. The molecular weight excluding hydrogens is 277 g/mol. The smallest absolute Gasteiger partial charge is 0.241 e. The zero-order valence-corrected chi connectivity index (χ0v) is 12.5. The maximum Gasteiger partial charge on any atom is 0.241 e. The Kier molecular flexibility index (Phi) is 4.88. The van der Waals surface area contributed by atoms with E-state index >= 15 is 0 Å². The van der Waals surface area contributed by atoms with Crippen LogP contribution >= 0.6 is 11.8 Å². The molecule has 1 heterocycles. The van der Waals surface area contributed by atoms with Crippen molar-refractivity contribution >= 4 is 29.0 Å². The second-order valence-corrected chi connectivity index (χ2v) is 6.63. The van der Waals surface area contributed by atoms with Gasteiger partial charge in [0, 0.05) is 29.8 Å². The van der Waals surface area contributed by atoms with Gasteiger partial charge in [0.05, 0.1) is 11.7 Å². The van der Waals surface area contributed by atoms with Gasteiger partial charge in [-0.1, -0.05) is 6.92 Å². The summed E-state index contributed by atoms with van der Waals surface area (Å²) in [4.78, 5) is 14.3. The summed E-state index contributed by atoms with van der Waals surface area (Å²) < 4.78 is 13.6. The highest BCUT2D eigenvalue weighted by molar-refractivity contribution is 7.99. The number of nitrogen functional groups attached to an aromatic ring is 1. The predicted molar refractivity (Wildman–Crippen MR) is 82.4 cm³/mol. The summed E-state index contributed by atoms with van der Waals surface area (Å²) in [7, 11) is 0. The van der Waals surface area contributed by atoms with Crippen LogP contribution in [0.3, 0.4) is 0 Å². The zero-order chi connectivity index (χ0) is 14.7. The van der Waals surface area contributed by atoms with Crippen molar-refractivity contribution in [3.8, 4) is 0 Å². The van der Waals surface area contributed by atoms with Gasteiger partial charge >= 0.3 is 0 Å². The average molecular weight is 297 g/mol. The summed E-state index contributed by atoms with van der Waals surface area (Å²) in [5.41, 5.74) is 6.18. The van der Waals surface area contributed by atoms with E-state index in [0.717, 1.165) is 18.8 Å². The van der Waals surface area contributed by atoms with Crippen molar-refractivity contribution in [3.63, 3.8) is 0 Å². The van der Waals surface area contributed by atoms with E-state index in [4.69, 9.17) is 5.73 Å². The Bertz CT molecular complexity index is 497. The number of amides is 1. The second kappa shape index (κ2) is 6.45. The molecule has 1 aromatic carbocycles. The Balaban J connectivity index is 2.02. The first-order chi connectivity index (χ1) is 9.47. The molecule has 1 saturated heterocycles. The molecule has 2 unspecified atom stereocenters. The van der Waals surface area contributed by atoms with Crippen molar-refractivity contribution in [1.82, 2.24) is 4.90 Å². The Morgan fingerprint density at radius 1 is 1.60 bits per heavy atom. The topological polar surface area (TPSA) is 58.4 Å². The molecule has 0 saturated carbocycles. The number of carbonyl (C=O) groups is 1. The number of hydrogen-bond donors (Lipinski definition) is 2. The van der Waals surface area contributed by atoms with Crippen LogP contribution in [-0.4, -0.2) is 40.9 Å². The van der Waals surface area contributed by atoms with Crippen molar-refractivity contribution in [2.24, 2.45) is 0 Å². The molecule has 2 atom stereocenters. The normalized spacial score (nSPS) is 21.4. The summed E-state index contributed by atoms with van der Waals surface area (Å²) in [6.07, 6.45) is 0. The van der Waals surface area contributed by atoms with Crippen molar-refractivity contribution in [2.45, 2.75) is 25.1 Å². The number of thioether (sulfide) groups is 1. The Morgan fingerprint density at radius 2 is 2.35 bits per heavy atom. The molecule has 0 aliphatic carbocycles. The second-order valence-electron chi connectivity index (χ2n) is 5.08. The minimum atomic E-state index is -0.470. The van der Waals surface area contributed by atoms with Crippen LogP contribution in [0.1, 0.15) is 13.8 Å². The third-order valence-corrected chi connectivity index (χ3v) is 4.58. The van der Waals surface area contributed by atoms with E-state index < -0.39 is 5.82 Å². The third kappa shape index (κ3) is 3.64. The van der Waals surface area contributed by atoms with Crippen LogP contribution in [0.5, 0.6) is 0 Å². The van der Waals surface area contributed by atoms with Crippen LogP contribution in [0.15, 0.2) is 18.2 Å². The fourth-order valence-corrected chi connectivity index (χ4v) is 3.28. The lowest BCUT2D eigenvalue weighted by Crippen LogP contribution is -2.47. The lowest BCUT2D eigenvalue weighted by Gasteiger charge is -2.34. The van der Waals surface area contributed by atoms with Gasteiger partial charge in [0.2, 0.25) is 5.91 Å². The quantitative estimate of drug-likeness (QED) is 0.840. The zero-order valence-electron chi connectivity index (χ0n) is 11.7. The maximum absolute atomic E-state index is 13.6. The number of nitrogens with zero attached hydrogens (tertiary/aromatic N) is 1. The molecule has 1 fully saturated rings. The van der Waals surface area contributed by atoms with Crippen molar-refractivity contribution in [3.05, 3.63) is 24.0 Å². The Labute approximate surface area is 122 Å². The molecule has 0 radical (unpaired) electrons. The van der Waals surface area contributed by atoms with E-state index in [9.17, 15) is 9.18 Å². The highest BCUT2D eigenvalue weighted by atomic mass is 32.2. The highest BCUT2D eigenvalue weighted by Gasteiger charge is 2.26. The number of rotatable bonds is 3. The summed E-state index contributed by atoms with van der Waals surface area (Å²) in [5, 5.41) is 3.14. The van der Waals surface area contributed by atoms with Gasteiger partial charge in [-0.15, -0.1) is 0 Å². The van der Waals surface area contributed by atoms with E-state index in [0.29, 0.717) is 10.9 Å². The van der Waals surface area contributed by atoms with Gasteiger partial charge in [-0.25, -0.2) is 4.39 Å². The molecular formula is C14H20FN3OS. The first-order valence-corrected chi connectivity index (χ1v) is 7.74. The molecule has 0 aromatic heterocycles. The van der Waals surface area contributed by atoms with Gasteiger partial charge in [0.25, 0.3) is 0 Å². The van der Waals surface area contributed by atoms with E-state index in [1.54, 1.807) is 0 Å². The van der Waals surface area contributed by atoms with Gasteiger partial charge in [0.1, 0.15) is 5.82 Å². The van der Waals surface area contributed by atoms with Crippen LogP contribution in [0, 0.1) is 5.82 Å². The summed E-state index contributed by atoms with van der Waals surface area (Å²) >= 11 is 1.91. The average Bonchev–Trinajstić information content (AvgIpc) is 2.42.